The molecule has 25 heavy (non-hydrogen) atoms. The number of halogens is 1. The SMILES string of the molecule is CC(C)c1nccn1CCC(=O)NC1(c2ccc(F)cc2)CCCC1. The second-order valence-electron chi connectivity index (χ2n) is 7.23. The van der Waals surface area contributed by atoms with Crippen molar-refractivity contribution in [2.45, 2.75) is 64.0 Å². The smallest absolute Gasteiger partial charge is 0.222 e. The first-order chi connectivity index (χ1) is 12.0. The number of carbonyl (C=O) groups excluding carboxylic acids is 1. The lowest BCUT2D eigenvalue weighted by atomic mass is 9.88. The van der Waals surface area contributed by atoms with E-state index in [4.69, 9.17) is 0 Å². The van der Waals surface area contributed by atoms with E-state index in [0.29, 0.717) is 18.9 Å². The molecule has 0 radical (unpaired) electrons. The van der Waals surface area contributed by atoms with E-state index in [0.717, 1.165) is 37.1 Å². The van der Waals surface area contributed by atoms with E-state index in [-0.39, 0.29) is 17.3 Å². The molecule has 0 atom stereocenters. The minimum atomic E-state index is -0.347. The maximum atomic E-state index is 13.2. The average molecular weight is 343 g/mol. The zero-order valence-corrected chi connectivity index (χ0v) is 15.0. The van der Waals surface area contributed by atoms with Gasteiger partial charge in [0.05, 0.1) is 5.54 Å². The average Bonchev–Trinajstić information content (AvgIpc) is 3.23. The van der Waals surface area contributed by atoms with Crippen LogP contribution < -0.4 is 5.32 Å². The Balaban J connectivity index is 1.67. The van der Waals surface area contributed by atoms with Gasteiger partial charge in [0.25, 0.3) is 0 Å². The van der Waals surface area contributed by atoms with E-state index >= 15 is 0 Å². The van der Waals surface area contributed by atoms with Gasteiger partial charge < -0.3 is 9.88 Å². The maximum Gasteiger partial charge on any atom is 0.222 e. The van der Waals surface area contributed by atoms with Crippen LogP contribution in [0.2, 0.25) is 0 Å². The molecule has 1 heterocycles. The first-order valence-electron chi connectivity index (χ1n) is 9.08. The molecule has 3 rings (SSSR count). The molecule has 1 fully saturated rings. The molecule has 1 saturated carbocycles. The normalized spacial score (nSPS) is 16.3. The molecule has 1 aromatic heterocycles. The standard InChI is InChI=1S/C20H26FN3O/c1-15(2)19-22-12-14-24(19)13-9-18(25)23-20(10-3-4-11-20)16-5-7-17(21)8-6-16/h5-8,12,14-15H,3-4,9-11,13H2,1-2H3,(H,23,25). The highest BCUT2D eigenvalue weighted by Gasteiger charge is 2.36. The van der Waals surface area contributed by atoms with Crippen molar-refractivity contribution in [2.75, 3.05) is 0 Å². The van der Waals surface area contributed by atoms with Crippen LogP contribution in [0, 0.1) is 5.82 Å². The quantitative estimate of drug-likeness (QED) is 0.857. The maximum absolute atomic E-state index is 13.2. The van der Waals surface area contributed by atoms with Gasteiger partial charge in [-0.25, -0.2) is 9.37 Å². The number of hydrogen-bond donors (Lipinski definition) is 1. The molecule has 0 saturated heterocycles. The number of hydrogen-bond acceptors (Lipinski definition) is 2. The third kappa shape index (κ3) is 3.91. The van der Waals surface area contributed by atoms with E-state index < -0.39 is 0 Å². The van der Waals surface area contributed by atoms with Crippen molar-refractivity contribution >= 4 is 5.91 Å². The minimum Gasteiger partial charge on any atom is -0.347 e. The summed E-state index contributed by atoms with van der Waals surface area (Å²) in [4.78, 5) is 17.0. The number of rotatable bonds is 6. The predicted molar refractivity (Wildman–Crippen MR) is 95.6 cm³/mol. The number of nitrogens with zero attached hydrogens (tertiary/aromatic N) is 2. The fourth-order valence-corrected chi connectivity index (χ4v) is 3.80. The molecular formula is C20H26FN3O. The predicted octanol–water partition coefficient (Wildman–Crippen LogP) is 4.12. The van der Waals surface area contributed by atoms with Gasteiger partial charge in [-0.2, -0.15) is 0 Å². The van der Waals surface area contributed by atoms with Crippen molar-refractivity contribution < 1.29 is 9.18 Å². The summed E-state index contributed by atoms with van der Waals surface area (Å²) in [6.07, 6.45) is 8.10. The van der Waals surface area contributed by atoms with E-state index in [2.05, 4.69) is 24.1 Å². The van der Waals surface area contributed by atoms with Crippen molar-refractivity contribution in [3.63, 3.8) is 0 Å². The zero-order chi connectivity index (χ0) is 17.9. The molecule has 1 amide bonds. The van der Waals surface area contributed by atoms with Gasteiger partial charge in [0.2, 0.25) is 5.91 Å². The van der Waals surface area contributed by atoms with Crippen LogP contribution in [-0.2, 0) is 16.9 Å². The van der Waals surface area contributed by atoms with Crippen molar-refractivity contribution in [3.05, 3.63) is 53.9 Å². The van der Waals surface area contributed by atoms with Gasteiger partial charge in [0, 0.05) is 31.3 Å². The van der Waals surface area contributed by atoms with Crippen molar-refractivity contribution in [2.24, 2.45) is 0 Å². The van der Waals surface area contributed by atoms with Crippen LogP contribution in [0.4, 0.5) is 4.39 Å². The van der Waals surface area contributed by atoms with Crippen LogP contribution in [-0.4, -0.2) is 15.5 Å². The zero-order valence-electron chi connectivity index (χ0n) is 15.0. The molecule has 5 heteroatoms. The molecule has 1 aromatic carbocycles. The number of benzene rings is 1. The summed E-state index contributed by atoms with van der Waals surface area (Å²) in [6.45, 7) is 4.82. The van der Waals surface area contributed by atoms with E-state index in [1.165, 1.54) is 12.1 Å². The molecule has 4 nitrogen and oxygen atoms in total. The van der Waals surface area contributed by atoms with Crippen LogP contribution in [0.15, 0.2) is 36.7 Å². The Labute approximate surface area is 148 Å². The Morgan fingerprint density at radius 2 is 1.96 bits per heavy atom. The Kier molecular flexibility index (Phi) is 5.21. The summed E-state index contributed by atoms with van der Waals surface area (Å²) in [6, 6.07) is 6.55. The highest BCUT2D eigenvalue weighted by atomic mass is 19.1. The van der Waals surface area contributed by atoms with E-state index in [1.807, 2.05) is 10.8 Å². The molecule has 2 aromatic rings. The molecule has 0 unspecified atom stereocenters. The number of aryl methyl sites for hydroxylation is 1. The molecular weight excluding hydrogens is 317 g/mol. The molecule has 1 aliphatic rings. The summed E-state index contributed by atoms with van der Waals surface area (Å²) in [5.41, 5.74) is 0.658. The third-order valence-electron chi connectivity index (χ3n) is 5.08. The second kappa shape index (κ2) is 7.38. The lowest BCUT2D eigenvalue weighted by Gasteiger charge is -2.31. The fraction of sp³-hybridized carbons (Fsp3) is 0.500. The number of nitrogens with one attached hydrogen (secondary N) is 1. The monoisotopic (exact) mass is 343 g/mol. The molecule has 0 spiro atoms. The van der Waals surface area contributed by atoms with Gasteiger partial charge in [-0.05, 0) is 30.5 Å². The third-order valence-corrected chi connectivity index (χ3v) is 5.08. The van der Waals surface area contributed by atoms with Crippen LogP contribution >= 0.6 is 0 Å². The second-order valence-corrected chi connectivity index (χ2v) is 7.23. The molecule has 0 aliphatic heterocycles. The van der Waals surface area contributed by atoms with Crippen LogP contribution in [0.3, 0.4) is 0 Å². The number of amides is 1. The molecule has 1 aliphatic carbocycles. The summed E-state index contributed by atoms with van der Waals surface area (Å²) in [7, 11) is 0. The van der Waals surface area contributed by atoms with Gasteiger partial charge in [-0.1, -0.05) is 38.8 Å². The van der Waals surface area contributed by atoms with Crippen molar-refractivity contribution in [1.82, 2.24) is 14.9 Å². The van der Waals surface area contributed by atoms with E-state index in [1.54, 1.807) is 18.3 Å². The fourth-order valence-electron chi connectivity index (χ4n) is 3.80. The Morgan fingerprint density at radius 3 is 2.60 bits per heavy atom. The Bertz CT molecular complexity index is 715. The topological polar surface area (TPSA) is 46.9 Å². The Hall–Kier alpha value is -2.17. The minimum absolute atomic E-state index is 0.0367. The number of carbonyl (C=O) groups is 1. The number of imidazole rings is 1. The molecule has 1 N–H and O–H groups in total. The van der Waals surface area contributed by atoms with E-state index in [9.17, 15) is 9.18 Å². The number of aromatic nitrogens is 2. The van der Waals surface area contributed by atoms with Gasteiger partial charge >= 0.3 is 0 Å². The highest BCUT2D eigenvalue weighted by Crippen LogP contribution is 2.38. The van der Waals surface area contributed by atoms with Crippen LogP contribution in [0.5, 0.6) is 0 Å². The van der Waals surface area contributed by atoms with Crippen molar-refractivity contribution in [1.29, 1.82) is 0 Å². The van der Waals surface area contributed by atoms with Crippen molar-refractivity contribution in [3.8, 4) is 0 Å². The van der Waals surface area contributed by atoms with Gasteiger partial charge in [-0.15, -0.1) is 0 Å². The van der Waals surface area contributed by atoms with Gasteiger partial charge in [0.15, 0.2) is 0 Å². The van der Waals surface area contributed by atoms with Gasteiger partial charge in [-0.3, -0.25) is 4.79 Å². The summed E-state index contributed by atoms with van der Waals surface area (Å²) >= 11 is 0. The summed E-state index contributed by atoms with van der Waals surface area (Å²) in [5, 5.41) is 3.24. The lowest BCUT2D eigenvalue weighted by Crippen LogP contribution is -2.44. The lowest BCUT2D eigenvalue weighted by molar-refractivity contribution is -0.123. The first kappa shape index (κ1) is 17.6. The summed E-state index contributed by atoms with van der Waals surface area (Å²) in [5.74, 6) is 1.12. The first-order valence-corrected chi connectivity index (χ1v) is 9.08. The largest absolute Gasteiger partial charge is 0.347 e. The van der Waals surface area contributed by atoms with Crippen LogP contribution in [0.25, 0.3) is 0 Å². The highest BCUT2D eigenvalue weighted by molar-refractivity contribution is 5.77. The van der Waals surface area contributed by atoms with Crippen LogP contribution in [0.1, 0.15) is 63.3 Å². The Morgan fingerprint density at radius 1 is 1.28 bits per heavy atom. The molecule has 0 bridgehead atoms. The van der Waals surface area contributed by atoms with Gasteiger partial charge in [0.1, 0.15) is 11.6 Å². The summed E-state index contributed by atoms with van der Waals surface area (Å²) < 4.78 is 15.3. The molecule has 134 valence electrons.